The Bertz CT molecular complexity index is 757. The molecular weight excluding hydrogens is 439 g/mol. The number of aromatic nitrogens is 2. The van der Waals surface area contributed by atoms with E-state index in [1.165, 1.54) is 7.69 Å². The summed E-state index contributed by atoms with van der Waals surface area (Å²) >= 11 is 0. The van der Waals surface area contributed by atoms with Gasteiger partial charge in [-0.2, -0.15) is 0 Å². The summed E-state index contributed by atoms with van der Waals surface area (Å²) in [5, 5.41) is 0. The summed E-state index contributed by atoms with van der Waals surface area (Å²) in [5.74, 6) is 1.67. The van der Waals surface area contributed by atoms with Crippen LogP contribution in [0.2, 0.25) is 33.2 Å². The van der Waals surface area contributed by atoms with Crippen molar-refractivity contribution in [3.63, 3.8) is 0 Å². The van der Waals surface area contributed by atoms with E-state index < -0.39 is 16.5 Å². The Hall–Kier alpha value is -1.34. The van der Waals surface area contributed by atoms with E-state index >= 15 is 0 Å². The molecule has 0 aliphatic heterocycles. The third kappa shape index (κ3) is 5.04. The molecule has 1 radical (unpaired) electrons. The van der Waals surface area contributed by atoms with Crippen LogP contribution in [0, 0.1) is 0 Å². The molecule has 0 aromatic carbocycles. The van der Waals surface area contributed by atoms with Crippen molar-refractivity contribution in [1.29, 1.82) is 0 Å². The zero-order chi connectivity index (χ0) is 25.1. The summed E-state index contributed by atoms with van der Waals surface area (Å²) < 4.78 is 16.8. The van der Waals surface area contributed by atoms with Gasteiger partial charge >= 0.3 is 7.69 Å². The molecule has 0 atom stereocenters. The minimum absolute atomic E-state index is 0.644. The number of nitrogens with zero attached hydrogens (tertiary/aromatic N) is 2. The lowest BCUT2D eigenvalue weighted by molar-refractivity contribution is 0.459. The molecule has 33 heavy (non-hydrogen) atoms. The Labute approximate surface area is 206 Å². The highest BCUT2D eigenvalue weighted by molar-refractivity contribution is 6.82. The standard InChI is InChI=1S/C26H48BN2O2Si2/c1-19(2)32(20(3)4,21(5)6)28-15-13-25(17-28)30-27-31-26-14-16-29(18-26)33(22(7)8,23(9)10)24(11)12/h13-24H,1-12H3. The Kier molecular flexibility index (Phi) is 9.25. The quantitative estimate of drug-likeness (QED) is 0.282. The zero-order valence-electron chi connectivity index (χ0n) is 23.2. The molecule has 185 valence electrons. The van der Waals surface area contributed by atoms with Gasteiger partial charge in [0.1, 0.15) is 11.5 Å². The van der Waals surface area contributed by atoms with Gasteiger partial charge in [-0.3, -0.25) is 0 Å². The molecular formula is C26H48BN2O2Si2. The van der Waals surface area contributed by atoms with E-state index in [-0.39, 0.29) is 0 Å². The van der Waals surface area contributed by atoms with Gasteiger partial charge in [-0.05, 0) is 57.8 Å². The van der Waals surface area contributed by atoms with Crippen LogP contribution in [0.15, 0.2) is 36.9 Å². The van der Waals surface area contributed by atoms with E-state index in [9.17, 15) is 0 Å². The molecule has 2 rings (SSSR count). The van der Waals surface area contributed by atoms with Crippen molar-refractivity contribution < 1.29 is 9.31 Å². The highest BCUT2D eigenvalue weighted by Crippen LogP contribution is 2.44. The van der Waals surface area contributed by atoms with Crippen LogP contribution >= 0.6 is 0 Å². The van der Waals surface area contributed by atoms with E-state index in [0.29, 0.717) is 33.2 Å². The molecule has 2 aromatic rings. The lowest BCUT2D eigenvalue weighted by Crippen LogP contribution is -2.51. The summed E-state index contributed by atoms with van der Waals surface area (Å²) in [4.78, 5) is 0. The zero-order valence-corrected chi connectivity index (χ0v) is 25.2. The van der Waals surface area contributed by atoms with Crippen LogP contribution in [-0.4, -0.2) is 32.6 Å². The lowest BCUT2D eigenvalue weighted by atomic mass is 10.3. The third-order valence-electron chi connectivity index (χ3n) is 8.14. The molecule has 0 aliphatic carbocycles. The second kappa shape index (κ2) is 10.9. The highest BCUT2D eigenvalue weighted by atomic mass is 28.3. The van der Waals surface area contributed by atoms with E-state index in [2.05, 4.69) is 128 Å². The van der Waals surface area contributed by atoms with Gasteiger partial charge < -0.3 is 17.8 Å². The van der Waals surface area contributed by atoms with Gasteiger partial charge in [-0.15, -0.1) is 0 Å². The highest BCUT2D eigenvalue weighted by Gasteiger charge is 2.46. The fraction of sp³-hybridized carbons (Fsp3) is 0.692. The van der Waals surface area contributed by atoms with Crippen molar-refractivity contribution in [2.24, 2.45) is 0 Å². The van der Waals surface area contributed by atoms with Gasteiger partial charge in [0, 0.05) is 12.4 Å². The SMILES string of the molecule is CC(C)[Si](C(C)C)(C(C)C)n1ccc(O[B]Oc2ccn([Si](C(C)C)(C(C)C)C(C)C)c2)c1. The van der Waals surface area contributed by atoms with Gasteiger partial charge in [-0.1, -0.05) is 83.1 Å². The van der Waals surface area contributed by atoms with Crippen LogP contribution in [-0.2, 0) is 0 Å². The Balaban J connectivity index is 2.14. The number of rotatable bonds is 12. The molecule has 0 fully saturated rings. The Morgan fingerprint density at radius 2 is 0.818 bits per heavy atom. The first kappa shape index (κ1) is 27.9. The van der Waals surface area contributed by atoms with Crippen LogP contribution in [0.5, 0.6) is 11.5 Å². The fourth-order valence-electron chi connectivity index (χ4n) is 7.30. The van der Waals surface area contributed by atoms with E-state index in [0.717, 1.165) is 11.5 Å². The molecule has 2 aromatic heterocycles. The van der Waals surface area contributed by atoms with Crippen LogP contribution in [0.1, 0.15) is 83.1 Å². The normalized spacial score (nSPS) is 13.3. The maximum absolute atomic E-state index is 5.92. The Morgan fingerprint density at radius 3 is 1.06 bits per heavy atom. The van der Waals surface area contributed by atoms with Gasteiger partial charge in [0.2, 0.25) is 0 Å². The van der Waals surface area contributed by atoms with Crippen LogP contribution in [0.4, 0.5) is 0 Å². The molecule has 0 bridgehead atoms. The van der Waals surface area contributed by atoms with Crippen molar-refractivity contribution in [3.05, 3.63) is 36.9 Å². The predicted molar refractivity (Wildman–Crippen MR) is 149 cm³/mol. The second-order valence-electron chi connectivity index (χ2n) is 11.5. The maximum atomic E-state index is 5.92. The summed E-state index contributed by atoms with van der Waals surface area (Å²) in [7, 11) is -2.03. The largest absolute Gasteiger partial charge is 0.658 e. The molecule has 0 unspecified atom stereocenters. The first-order valence-electron chi connectivity index (χ1n) is 12.8. The van der Waals surface area contributed by atoms with Gasteiger partial charge in [0.25, 0.3) is 0 Å². The van der Waals surface area contributed by atoms with Crippen molar-refractivity contribution >= 4 is 24.2 Å². The summed E-state index contributed by atoms with van der Waals surface area (Å²) in [6, 6.07) is 4.13. The molecule has 2 heterocycles. The van der Waals surface area contributed by atoms with Crippen molar-refractivity contribution in [2.45, 2.75) is 116 Å². The maximum Gasteiger partial charge on any atom is 0.658 e. The number of hydrogen-bond acceptors (Lipinski definition) is 2. The molecule has 4 nitrogen and oxygen atoms in total. The summed E-state index contributed by atoms with van der Waals surface area (Å²) in [5.41, 5.74) is 3.86. The summed E-state index contributed by atoms with van der Waals surface area (Å²) in [6.45, 7) is 28.5. The smallest absolute Gasteiger partial charge is 0.525 e. The average molecular weight is 488 g/mol. The molecule has 0 saturated carbocycles. The lowest BCUT2D eigenvalue weighted by Gasteiger charge is -2.44. The number of hydrogen-bond donors (Lipinski definition) is 0. The first-order chi connectivity index (χ1) is 15.3. The van der Waals surface area contributed by atoms with E-state index in [4.69, 9.17) is 9.31 Å². The summed E-state index contributed by atoms with van der Waals surface area (Å²) in [6.07, 6.45) is 8.76. The van der Waals surface area contributed by atoms with E-state index in [1.807, 2.05) is 0 Å². The molecule has 0 spiro atoms. The van der Waals surface area contributed by atoms with Crippen LogP contribution in [0.25, 0.3) is 0 Å². The second-order valence-corrected chi connectivity index (χ2v) is 23.1. The van der Waals surface area contributed by atoms with Crippen molar-refractivity contribution in [2.75, 3.05) is 0 Å². The molecule has 0 aliphatic rings. The first-order valence-corrected chi connectivity index (χ1v) is 17.2. The van der Waals surface area contributed by atoms with E-state index in [1.54, 1.807) is 0 Å². The van der Waals surface area contributed by atoms with Crippen LogP contribution in [0.3, 0.4) is 0 Å². The van der Waals surface area contributed by atoms with Crippen LogP contribution < -0.4 is 9.31 Å². The topological polar surface area (TPSA) is 28.3 Å². The molecule has 0 saturated heterocycles. The predicted octanol–water partition coefficient (Wildman–Crippen LogP) is 8.33. The fourth-order valence-corrected chi connectivity index (χ4v) is 20.2. The average Bonchev–Trinajstić information content (AvgIpc) is 3.31. The Morgan fingerprint density at radius 1 is 0.545 bits per heavy atom. The third-order valence-corrected chi connectivity index (χ3v) is 21.6. The van der Waals surface area contributed by atoms with Gasteiger partial charge in [-0.25, -0.2) is 0 Å². The van der Waals surface area contributed by atoms with Crippen molar-refractivity contribution in [3.8, 4) is 11.5 Å². The molecule has 0 N–H and O–H groups in total. The minimum atomic E-state index is -1.75. The molecule has 0 amide bonds. The molecule has 7 heteroatoms. The van der Waals surface area contributed by atoms with Gasteiger partial charge in [0.15, 0.2) is 16.5 Å². The van der Waals surface area contributed by atoms with Crippen molar-refractivity contribution in [1.82, 2.24) is 8.47 Å². The monoisotopic (exact) mass is 487 g/mol. The van der Waals surface area contributed by atoms with Gasteiger partial charge in [0.05, 0.1) is 0 Å². The minimum Gasteiger partial charge on any atom is -0.525 e.